The highest BCUT2D eigenvalue weighted by Crippen LogP contribution is 2.07. The van der Waals surface area contributed by atoms with Crippen LogP contribution in [-0.2, 0) is 4.84 Å². The van der Waals surface area contributed by atoms with Gasteiger partial charge in [0.1, 0.15) is 0 Å². The van der Waals surface area contributed by atoms with Gasteiger partial charge in [0, 0.05) is 7.05 Å². The van der Waals surface area contributed by atoms with Crippen molar-refractivity contribution in [2.24, 2.45) is 10.1 Å². The van der Waals surface area contributed by atoms with E-state index in [1.54, 1.807) is 7.05 Å². The number of allylic oxidation sites excluding steroid dienone is 1. The predicted molar refractivity (Wildman–Crippen MR) is 81.2 cm³/mol. The van der Waals surface area contributed by atoms with Crippen LogP contribution in [0.3, 0.4) is 0 Å². The van der Waals surface area contributed by atoms with Crippen molar-refractivity contribution >= 4 is 11.5 Å². The molecule has 0 aliphatic heterocycles. The molecule has 0 heterocycles. The minimum absolute atomic E-state index is 0.0757. The summed E-state index contributed by atoms with van der Waals surface area (Å²) >= 11 is 0. The van der Waals surface area contributed by atoms with E-state index in [2.05, 4.69) is 22.4 Å². The average Bonchev–Trinajstić information content (AvgIpc) is 2.36. The van der Waals surface area contributed by atoms with Crippen LogP contribution in [0.4, 0.5) is 0 Å². The summed E-state index contributed by atoms with van der Waals surface area (Å²) < 4.78 is 0. The second kappa shape index (κ2) is 12.1. The number of hydrogen-bond acceptors (Lipinski definition) is 3. The second-order valence-corrected chi connectivity index (χ2v) is 3.82. The molecule has 4 heteroatoms. The summed E-state index contributed by atoms with van der Waals surface area (Å²) in [6.07, 6.45) is 2.94. The zero-order valence-electron chi connectivity index (χ0n) is 13.2. The Balaban J connectivity index is 0. The Bertz CT molecular complexity index is 289. The first kappa shape index (κ1) is 19.0. The lowest BCUT2D eigenvalue weighted by atomic mass is 10.2. The van der Waals surface area contributed by atoms with E-state index in [1.165, 1.54) is 0 Å². The zero-order chi connectivity index (χ0) is 14.6. The van der Waals surface area contributed by atoms with Gasteiger partial charge in [-0.3, -0.25) is 4.99 Å². The summed E-state index contributed by atoms with van der Waals surface area (Å²) in [5, 5.41) is 7.19. The number of nitrogens with zero attached hydrogens (tertiary/aromatic N) is 2. The van der Waals surface area contributed by atoms with Gasteiger partial charge in [-0.15, -0.1) is 0 Å². The highest BCUT2D eigenvalue weighted by Gasteiger charge is 2.10. The summed E-state index contributed by atoms with van der Waals surface area (Å²) in [5.41, 5.74) is 0.898. The number of nitrogens with one attached hydrogen (secondary N) is 1. The van der Waals surface area contributed by atoms with E-state index in [0.29, 0.717) is 0 Å². The lowest BCUT2D eigenvalue weighted by Crippen LogP contribution is -2.32. The molecule has 18 heavy (non-hydrogen) atoms. The molecule has 0 aromatic rings. The first-order valence-corrected chi connectivity index (χ1v) is 6.59. The van der Waals surface area contributed by atoms with Gasteiger partial charge in [0.2, 0.25) is 0 Å². The third-order valence-corrected chi connectivity index (χ3v) is 1.93. The Hall–Kier alpha value is -1.32. The molecule has 0 saturated heterocycles. The fourth-order valence-electron chi connectivity index (χ4n) is 1.09. The Morgan fingerprint density at radius 2 is 1.83 bits per heavy atom. The Morgan fingerprint density at radius 3 is 2.22 bits per heavy atom. The van der Waals surface area contributed by atoms with Crippen molar-refractivity contribution in [3.8, 4) is 0 Å². The van der Waals surface area contributed by atoms with E-state index < -0.39 is 0 Å². The summed E-state index contributed by atoms with van der Waals surface area (Å²) in [7, 11) is 1.76. The Kier molecular flexibility index (Phi) is 12.8. The highest BCUT2D eigenvalue weighted by atomic mass is 16.6. The predicted octanol–water partition coefficient (Wildman–Crippen LogP) is 3.75. The largest absolute Gasteiger partial charge is 0.364 e. The van der Waals surface area contributed by atoms with Crippen LogP contribution in [0.2, 0.25) is 0 Å². The van der Waals surface area contributed by atoms with Crippen molar-refractivity contribution in [2.45, 2.75) is 60.9 Å². The molecule has 0 fully saturated rings. The van der Waals surface area contributed by atoms with Crippen LogP contribution >= 0.6 is 0 Å². The summed E-state index contributed by atoms with van der Waals surface area (Å²) in [6, 6.07) is 0.0757. The van der Waals surface area contributed by atoms with Gasteiger partial charge in [0.15, 0.2) is 5.76 Å². The van der Waals surface area contributed by atoms with Gasteiger partial charge in [-0.25, -0.2) is 0 Å². The number of amidine groups is 1. The molecule has 0 aliphatic carbocycles. The molecule has 0 saturated carbocycles. The molecule has 0 aromatic heterocycles. The summed E-state index contributed by atoms with van der Waals surface area (Å²) in [5.74, 6) is 1.71. The van der Waals surface area contributed by atoms with Gasteiger partial charge in [-0.2, -0.15) is 0 Å². The minimum Gasteiger partial charge on any atom is -0.364 e. The van der Waals surface area contributed by atoms with Crippen molar-refractivity contribution < 1.29 is 4.84 Å². The van der Waals surface area contributed by atoms with Crippen molar-refractivity contribution in [1.82, 2.24) is 5.32 Å². The van der Waals surface area contributed by atoms with Gasteiger partial charge in [-0.1, -0.05) is 25.9 Å². The molecule has 0 rings (SSSR count). The molecule has 0 aliphatic rings. The lowest BCUT2D eigenvalue weighted by molar-refractivity contribution is 0.204. The monoisotopic (exact) mass is 255 g/mol. The normalized spacial score (nSPS) is 13.1. The van der Waals surface area contributed by atoms with E-state index in [4.69, 9.17) is 4.84 Å². The van der Waals surface area contributed by atoms with Gasteiger partial charge < -0.3 is 10.2 Å². The van der Waals surface area contributed by atoms with Gasteiger partial charge >= 0.3 is 0 Å². The molecule has 0 bridgehead atoms. The topological polar surface area (TPSA) is 46.0 Å². The zero-order valence-corrected chi connectivity index (χ0v) is 13.2. The van der Waals surface area contributed by atoms with Crippen LogP contribution in [0.5, 0.6) is 0 Å². The Labute approximate surface area is 112 Å². The number of rotatable bonds is 5. The molecule has 0 unspecified atom stereocenters. The van der Waals surface area contributed by atoms with E-state index in [-0.39, 0.29) is 6.04 Å². The SMILES string of the molecule is CC.CC/C=C(/ON=C(C)C)[C@@H](C)NC(C)=NC. The summed E-state index contributed by atoms with van der Waals surface area (Å²) in [4.78, 5) is 9.44. The van der Waals surface area contributed by atoms with Crippen LogP contribution in [0, 0.1) is 0 Å². The maximum absolute atomic E-state index is 5.38. The van der Waals surface area contributed by atoms with E-state index in [1.807, 2.05) is 47.6 Å². The molecule has 0 spiro atoms. The number of oxime groups is 1. The van der Waals surface area contributed by atoms with Crippen LogP contribution in [0.25, 0.3) is 0 Å². The molecular weight excluding hydrogens is 226 g/mol. The highest BCUT2D eigenvalue weighted by molar-refractivity contribution is 5.80. The third kappa shape index (κ3) is 9.87. The van der Waals surface area contributed by atoms with E-state index >= 15 is 0 Å². The fourth-order valence-corrected chi connectivity index (χ4v) is 1.09. The summed E-state index contributed by atoms with van der Waals surface area (Å²) in [6.45, 7) is 13.8. The van der Waals surface area contributed by atoms with Crippen LogP contribution in [0.15, 0.2) is 22.0 Å². The molecule has 0 aromatic carbocycles. The smallest absolute Gasteiger partial charge is 0.152 e. The first-order chi connectivity index (χ1) is 8.51. The molecule has 0 radical (unpaired) electrons. The average molecular weight is 255 g/mol. The van der Waals surface area contributed by atoms with Crippen molar-refractivity contribution in [1.29, 1.82) is 0 Å². The fraction of sp³-hybridized carbons (Fsp3) is 0.714. The minimum atomic E-state index is 0.0757. The van der Waals surface area contributed by atoms with Gasteiger partial charge in [-0.05, 0) is 40.2 Å². The van der Waals surface area contributed by atoms with Crippen molar-refractivity contribution in [2.75, 3.05) is 7.05 Å². The molecule has 0 amide bonds. The molecule has 4 nitrogen and oxygen atoms in total. The van der Waals surface area contributed by atoms with Gasteiger partial charge in [0.05, 0.1) is 17.6 Å². The first-order valence-electron chi connectivity index (χ1n) is 6.59. The molecule has 106 valence electrons. The quantitative estimate of drug-likeness (QED) is 0.352. The van der Waals surface area contributed by atoms with Crippen LogP contribution in [0.1, 0.15) is 54.9 Å². The molecular formula is C14H29N3O. The van der Waals surface area contributed by atoms with Crippen molar-refractivity contribution in [3.63, 3.8) is 0 Å². The second-order valence-electron chi connectivity index (χ2n) is 3.82. The van der Waals surface area contributed by atoms with Gasteiger partial charge in [0.25, 0.3) is 0 Å². The number of hydrogen-bond donors (Lipinski definition) is 1. The standard InChI is InChI=1S/C12H23N3O.C2H6/c1-7-8-12(16-15-9(2)3)10(4)14-11(5)13-6;1-2/h8,10H,7H2,1-6H3,(H,13,14);1-2H3/b12-8+;/t10-;/m1./s1. The molecule has 1 N–H and O–H groups in total. The number of aliphatic imine (C=N–C) groups is 1. The van der Waals surface area contributed by atoms with Crippen LogP contribution in [-0.4, -0.2) is 24.6 Å². The Morgan fingerprint density at radius 1 is 1.28 bits per heavy atom. The van der Waals surface area contributed by atoms with Crippen molar-refractivity contribution in [3.05, 3.63) is 11.8 Å². The maximum atomic E-state index is 5.38. The van der Waals surface area contributed by atoms with E-state index in [9.17, 15) is 0 Å². The maximum Gasteiger partial charge on any atom is 0.152 e. The molecule has 1 atom stereocenters. The third-order valence-electron chi connectivity index (χ3n) is 1.93. The lowest BCUT2D eigenvalue weighted by Gasteiger charge is -2.16. The van der Waals surface area contributed by atoms with Crippen LogP contribution < -0.4 is 5.32 Å². The van der Waals surface area contributed by atoms with E-state index in [0.717, 1.165) is 23.7 Å².